The molecule has 1 N–H and O–H groups in total. The van der Waals surface area contributed by atoms with E-state index in [2.05, 4.69) is 10.3 Å². The second-order valence-electron chi connectivity index (χ2n) is 3.86. The number of anilines is 1. The number of benzene rings is 1. The van der Waals surface area contributed by atoms with Gasteiger partial charge in [-0.2, -0.15) is 10.5 Å². The predicted octanol–water partition coefficient (Wildman–Crippen LogP) is 2.58. The minimum atomic E-state index is -0.436. The van der Waals surface area contributed by atoms with E-state index >= 15 is 0 Å². The Morgan fingerprint density at radius 2 is 2.00 bits per heavy atom. The second-order valence-corrected chi connectivity index (χ2v) is 3.86. The van der Waals surface area contributed by atoms with E-state index in [0.717, 1.165) is 5.69 Å². The molecule has 0 aliphatic heterocycles. The van der Waals surface area contributed by atoms with Gasteiger partial charge in [0, 0.05) is 6.54 Å². The zero-order chi connectivity index (χ0) is 13.7. The van der Waals surface area contributed by atoms with Crippen molar-refractivity contribution in [2.24, 2.45) is 0 Å². The average molecular weight is 252 g/mol. The number of hydrogen-bond acceptors (Lipinski definition) is 4. The molecule has 0 saturated carbocycles. The highest BCUT2D eigenvalue weighted by Gasteiger charge is 2.01. The van der Waals surface area contributed by atoms with Crippen LogP contribution in [0.2, 0.25) is 0 Å². The Balaban J connectivity index is 2.08. The SMILES string of the molecule is N#Cc1cc(F)cc(CNc2ccc(C#N)nc2)c1. The molecule has 0 atom stereocenters. The fraction of sp³-hybridized carbons (Fsp3) is 0.0714. The topological polar surface area (TPSA) is 72.5 Å². The molecule has 0 amide bonds. The summed E-state index contributed by atoms with van der Waals surface area (Å²) in [6.45, 7) is 0.375. The van der Waals surface area contributed by atoms with Crippen LogP contribution in [0.25, 0.3) is 0 Å². The summed E-state index contributed by atoms with van der Waals surface area (Å²) in [5.74, 6) is -0.436. The molecule has 0 fully saturated rings. The number of nitrogens with zero attached hydrogens (tertiary/aromatic N) is 3. The van der Waals surface area contributed by atoms with Crippen molar-refractivity contribution in [1.29, 1.82) is 10.5 Å². The van der Waals surface area contributed by atoms with Gasteiger partial charge in [0.1, 0.15) is 17.6 Å². The Labute approximate surface area is 109 Å². The van der Waals surface area contributed by atoms with Gasteiger partial charge in [0.15, 0.2) is 0 Å². The molecule has 5 heteroatoms. The molecule has 0 aliphatic rings. The molecule has 92 valence electrons. The molecule has 0 aliphatic carbocycles. The highest BCUT2D eigenvalue weighted by atomic mass is 19.1. The maximum absolute atomic E-state index is 13.2. The molecule has 4 nitrogen and oxygen atoms in total. The van der Waals surface area contributed by atoms with Gasteiger partial charge in [0.2, 0.25) is 0 Å². The number of halogens is 1. The van der Waals surface area contributed by atoms with E-state index in [0.29, 0.717) is 17.8 Å². The smallest absolute Gasteiger partial charge is 0.140 e. The summed E-state index contributed by atoms with van der Waals surface area (Å²) >= 11 is 0. The number of hydrogen-bond donors (Lipinski definition) is 1. The number of pyridine rings is 1. The summed E-state index contributed by atoms with van der Waals surface area (Å²) in [5.41, 5.74) is 2.01. The summed E-state index contributed by atoms with van der Waals surface area (Å²) in [4.78, 5) is 3.91. The van der Waals surface area contributed by atoms with Crippen LogP contribution in [0.5, 0.6) is 0 Å². The van der Waals surface area contributed by atoms with Gasteiger partial charge < -0.3 is 5.32 Å². The Morgan fingerprint density at radius 1 is 1.16 bits per heavy atom. The number of nitriles is 2. The number of aromatic nitrogens is 1. The molecule has 2 rings (SSSR count). The molecule has 0 bridgehead atoms. The van der Waals surface area contributed by atoms with E-state index in [1.807, 2.05) is 12.1 Å². The summed E-state index contributed by atoms with van der Waals surface area (Å²) in [5, 5.41) is 20.4. The van der Waals surface area contributed by atoms with Gasteiger partial charge in [-0.15, -0.1) is 0 Å². The molecule has 0 saturated heterocycles. The van der Waals surface area contributed by atoms with Crippen LogP contribution in [-0.4, -0.2) is 4.98 Å². The third-order valence-electron chi connectivity index (χ3n) is 2.46. The zero-order valence-electron chi connectivity index (χ0n) is 9.89. The van der Waals surface area contributed by atoms with E-state index in [4.69, 9.17) is 10.5 Å². The molecule has 0 unspecified atom stereocenters. The predicted molar refractivity (Wildman–Crippen MR) is 67.4 cm³/mol. The summed E-state index contributed by atoms with van der Waals surface area (Å²) in [6.07, 6.45) is 1.53. The Kier molecular flexibility index (Phi) is 3.70. The Hall–Kier alpha value is -2.92. The lowest BCUT2D eigenvalue weighted by Gasteiger charge is -2.06. The molecule has 0 spiro atoms. The molecular formula is C14H9FN4. The Bertz CT molecular complexity index is 665. The molecule has 0 radical (unpaired) electrons. The van der Waals surface area contributed by atoms with Crippen LogP contribution in [0.15, 0.2) is 36.5 Å². The quantitative estimate of drug-likeness (QED) is 0.911. The van der Waals surface area contributed by atoms with Crippen LogP contribution in [0.4, 0.5) is 10.1 Å². The number of nitrogens with one attached hydrogen (secondary N) is 1. The van der Waals surface area contributed by atoms with E-state index in [-0.39, 0.29) is 5.56 Å². The summed E-state index contributed by atoms with van der Waals surface area (Å²) in [6, 6.07) is 11.3. The van der Waals surface area contributed by atoms with Crippen molar-refractivity contribution in [1.82, 2.24) is 4.98 Å². The van der Waals surface area contributed by atoms with Gasteiger partial charge >= 0.3 is 0 Å². The lowest BCUT2D eigenvalue weighted by molar-refractivity contribution is 0.625. The lowest BCUT2D eigenvalue weighted by Crippen LogP contribution is -2.01. The molecular weight excluding hydrogens is 243 g/mol. The second kappa shape index (κ2) is 5.61. The van der Waals surface area contributed by atoms with Gasteiger partial charge in [-0.3, -0.25) is 0 Å². The standard InChI is InChI=1S/C14H9FN4/c15-12-4-10(6-16)3-11(5-12)8-18-14-2-1-13(7-17)19-9-14/h1-5,9,18H,8H2. The van der Waals surface area contributed by atoms with E-state index in [9.17, 15) is 4.39 Å². The van der Waals surface area contributed by atoms with Gasteiger partial charge in [0.25, 0.3) is 0 Å². The van der Waals surface area contributed by atoms with Crippen LogP contribution in [-0.2, 0) is 6.54 Å². The highest BCUT2D eigenvalue weighted by Crippen LogP contribution is 2.12. The van der Waals surface area contributed by atoms with Crippen molar-refractivity contribution in [2.45, 2.75) is 6.54 Å². The first-order chi connectivity index (χ1) is 9.21. The van der Waals surface area contributed by atoms with Gasteiger partial charge in [-0.05, 0) is 35.9 Å². The normalized spacial score (nSPS) is 9.42. The van der Waals surface area contributed by atoms with Crippen molar-refractivity contribution >= 4 is 5.69 Å². The van der Waals surface area contributed by atoms with E-state index in [1.54, 1.807) is 18.2 Å². The van der Waals surface area contributed by atoms with Crippen LogP contribution >= 0.6 is 0 Å². The first kappa shape index (κ1) is 12.5. The monoisotopic (exact) mass is 252 g/mol. The minimum absolute atomic E-state index is 0.287. The maximum atomic E-state index is 13.2. The third kappa shape index (κ3) is 3.27. The fourth-order valence-electron chi connectivity index (χ4n) is 1.59. The van der Waals surface area contributed by atoms with Gasteiger partial charge in [-0.25, -0.2) is 9.37 Å². The minimum Gasteiger partial charge on any atom is -0.380 e. The maximum Gasteiger partial charge on any atom is 0.140 e. The van der Waals surface area contributed by atoms with Crippen LogP contribution in [0.1, 0.15) is 16.8 Å². The van der Waals surface area contributed by atoms with Crippen molar-refractivity contribution in [3.63, 3.8) is 0 Å². The first-order valence-electron chi connectivity index (χ1n) is 5.51. The van der Waals surface area contributed by atoms with Gasteiger partial charge in [-0.1, -0.05) is 0 Å². The summed E-state index contributed by atoms with van der Waals surface area (Å²) in [7, 11) is 0. The van der Waals surface area contributed by atoms with E-state index < -0.39 is 5.82 Å². The molecule has 2 aromatic rings. The van der Waals surface area contributed by atoms with E-state index in [1.165, 1.54) is 18.3 Å². The highest BCUT2D eigenvalue weighted by molar-refractivity contribution is 5.44. The van der Waals surface area contributed by atoms with Crippen molar-refractivity contribution in [2.75, 3.05) is 5.32 Å². The molecule has 19 heavy (non-hydrogen) atoms. The lowest BCUT2D eigenvalue weighted by atomic mass is 10.1. The van der Waals surface area contributed by atoms with Crippen LogP contribution in [0, 0.1) is 28.5 Å². The van der Waals surface area contributed by atoms with Gasteiger partial charge in [0.05, 0.1) is 23.5 Å². The molecule has 1 aromatic carbocycles. The summed E-state index contributed by atoms with van der Waals surface area (Å²) < 4.78 is 13.2. The molecule has 1 heterocycles. The van der Waals surface area contributed by atoms with Crippen molar-refractivity contribution in [3.8, 4) is 12.1 Å². The van der Waals surface area contributed by atoms with Crippen molar-refractivity contribution < 1.29 is 4.39 Å². The van der Waals surface area contributed by atoms with Crippen molar-refractivity contribution in [3.05, 3.63) is 59.2 Å². The average Bonchev–Trinajstić information content (AvgIpc) is 2.45. The third-order valence-corrected chi connectivity index (χ3v) is 2.46. The zero-order valence-corrected chi connectivity index (χ0v) is 9.89. The fourth-order valence-corrected chi connectivity index (χ4v) is 1.59. The molecule has 1 aromatic heterocycles. The first-order valence-corrected chi connectivity index (χ1v) is 5.51. The Morgan fingerprint density at radius 3 is 2.63 bits per heavy atom. The largest absolute Gasteiger partial charge is 0.380 e. The number of rotatable bonds is 3. The van der Waals surface area contributed by atoms with Crippen LogP contribution < -0.4 is 5.32 Å². The van der Waals surface area contributed by atoms with Crippen LogP contribution in [0.3, 0.4) is 0 Å².